The molecule has 0 amide bonds. The molecule has 0 saturated heterocycles. The van der Waals surface area contributed by atoms with E-state index in [1.54, 1.807) is 0 Å². The van der Waals surface area contributed by atoms with E-state index in [1.807, 2.05) is 285 Å². The number of nitrogens with zero attached hydrogens (tertiary/aromatic N) is 9. The number of aromatic nitrogens is 9. The van der Waals surface area contributed by atoms with Crippen molar-refractivity contribution in [1.29, 1.82) is 0 Å². The molecule has 0 bridgehead atoms. The van der Waals surface area contributed by atoms with Crippen molar-refractivity contribution < 1.29 is 27.7 Å². The lowest BCUT2D eigenvalue weighted by Crippen LogP contribution is -2.16. The van der Waals surface area contributed by atoms with E-state index in [2.05, 4.69) is 206 Å². The monoisotopic (exact) mass is 2040 g/mol. The molecular weight excluding hydrogens is 1970 g/mol. The zero-order chi connectivity index (χ0) is 99.4. The van der Waals surface area contributed by atoms with Crippen LogP contribution in [0.4, 0.5) is 0 Å². The summed E-state index contributed by atoms with van der Waals surface area (Å²) >= 11 is 28.4. The molecule has 21 aromatic carbocycles. The van der Waals surface area contributed by atoms with Gasteiger partial charge in [0.2, 0.25) is 5.28 Å². The molecule has 0 unspecified atom stereocenters. The molecule has 7 aromatic heterocycles. The van der Waals surface area contributed by atoms with Gasteiger partial charge in [-0.1, -0.05) is 372 Å². The van der Waals surface area contributed by atoms with Gasteiger partial charge in [0.25, 0.3) is 0 Å². The summed E-state index contributed by atoms with van der Waals surface area (Å²) in [5.41, 5.74) is 18.4. The number of rotatable bonds is 11. The molecule has 1 N–H and O–H groups in total. The van der Waals surface area contributed by atoms with E-state index in [9.17, 15) is 0 Å². The number of hydrogen-bond donors (Lipinski definition) is 1. The minimum absolute atomic E-state index is 0.196. The fraction of sp³-hybridized carbons (Fsp3) is 0.00794. The minimum Gasteiger partial charge on any atom is -0.456 e. The van der Waals surface area contributed by atoms with Crippen LogP contribution in [0.25, 0.3) is 244 Å². The third kappa shape index (κ3) is 19.9. The summed E-state index contributed by atoms with van der Waals surface area (Å²) in [5.74, 6) is 4.89. The Morgan fingerprint density at radius 3 is 0.939 bits per heavy atom. The van der Waals surface area contributed by atoms with Gasteiger partial charge in [-0.3, -0.25) is 5.26 Å². The number of hydrogen-bond acceptors (Lipinski definition) is 15. The van der Waals surface area contributed by atoms with Crippen LogP contribution in [0.1, 0.15) is 5.56 Å². The number of furan rings is 4. The van der Waals surface area contributed by atoms with Gasteiger partial charge < -0.3 is 22.5 Å². The predicted molar refractivity (Wildman–Crippen MR) is 606 cm³/mol. The van der Waals surface area contributed by atoms with Crippen molar-refractivity contribution in [1.82, 2.24) is 44.9 Å². The maximum atomic E-state index is 8.32. The first-order chi connectivity index (χ1) is 72.2. The van der Waals surface area contributed by atoms with Gasteiger partial charge in [0.15, 0.2) is 46.6 Å². The molecule has 28 rings (SSSR count). The molecule has 701 valence electrons. The topological polar surface area (TPSA) is 198 Å². The van der Waals surface area contributed by atoms with Gasteiger partial charge in [0.05, 0.1) is 15.1 Å². The zero-order valence-electron chi connectivity index (χ0n) is 78.2. The van der Waals surface area contributed by atoms with E-state index in [0.717, 1.165) is 190 Å². The van der Waals surface area contributed by atoms with Crippen molar-refractivity contribution in [2.24, 2.45) is 0 Å². The maximum Gasteiger partial charge on any atom is 0.381 e. The normalized spacial score (nSPS) is 11.3. The van der Waals surface area contributed by atoms with E-state index in [-0.39, 0.29) is 5.28 Å². The van der Waals surface area contributed by atoms with Gasteiger partial charge in [-0.25, -0.2) is 34.9 Å². The predicted octanol–water partition coefficient (Wildman–Crippen LogP) is 35.5. The highest BCUT2D eigenvalue weighted by Crippen LogP contribution is 2.44. The first-order valence-corrected chi connectivity index (χ1v) is 49.6. The molecule has 0 atom stereocenters. The van der Waals surface area contributed by atoms with Crippen LogP contribution >= 0.6 is 62.3 Å². The Balaban J connectivity index is 0.000000103. The minimum atomic E-state index is 0.196. The molecule has 147 heavy (non-hydrogen) atoms. The summed E-state index contributed by atoms with van der Waals surface area (Å²) in [6, 6.07) is 150. The first-order valence-electron chi connectivity index (χ1n) is 47.3. The van der Waals surface area contributed by atoms with Crippen LogP contribution in [0.3, 0.4) is 0 Å². The second-order valence-electron chi connectivity index (χ2n) is 35.0. The third-order valence-corrected chi connectivity index (χ3v) is 27.1. The molecular formula is C126H78BBrCl4N9O6. The van der Waals surface area contributed by atoms with Crippen molar-refractivity contribution in [3.8, 4) is 102 Å². The third-order valence-electron chi connectivity index (χ3n) is 25.5. The van der Waals surface area contributed by atoms with Gasteiger partial charge in [-0.2, -0.15) is 9.97 Å². The SMILES string of the molecule is Cc1ccc2oc3cccc(Cl)c3c2c1.Clc1cccc2oc3ccc(-c4nc(-c5ccccc5)nc(-c5ccc6ccccc6c5)n4)cc3c12.Clc1cccc2oc3ccc(Br)cc3c12.Clc1nc(-c2ccccc2)nc(-c2ccc3ccccc3c2)n1.OO[B]c1cccc2ccccc12.c1ccc(-c2nc(-c3ccc4ccccc4c3)nc(-c3ccc4oc5cccc(-c6ccc7ccccc7c6)c5c4c3)n2)cc1. The quantitative estimate of drug-likeness (QED) is 0.0728. The van der Waals surface area contributed by atoms with Crippen LogP contribution in [0.2, 0.25) is 20.4 Å². The van der Waals surface area contributed by atoms with Gasteiger partial charge >= 0.3 is 7.48 Å². The van der Waals surface area contributed by atoms with Crippen molar-refractivity contribution in [2.45, 2.75) is 6.92 Å². The van der Waals surface area contributed by atoms with Crippen LogP contribution in [0.5, 0.6) is 0 Å². The average molecular weight is 2050 g/mol. The molecule has 15 nitrogen and oxygen atoms in total. The largest absolute Gasteiger partial charge is 0.456 e. The van der Waals surface area contributed by atoms with Crippen molar-refractivity contribution in [2.75, 3.05) is 0 Å². The highest BCUT2D eigenvalue weighted by Gasteiger charge is 2.23. The van der Waals surface area contributed by atoms with Crippen molar-refractivity contribution in [3.05, 3.63) is 479 Å². The lowest BCUT2D eigenvalue weighted by molar-refractivity contribution is -0.135. The Morgan fingerprint density at radius 1 is 0.224 bits per heavy atom. The fourth-order valence-electron chi connectivity index (χ4n) is 18.4. The molecule has 28 aromatic rings. The molecule has 0 saturated carbocycles. The molecule has 7 heterocycles. The Hall–Kier alpha value is -17.2. The van der Waals surface area contributed by atoms with E-state index >= 15 is 0 Å². The number of fused-ring (bicyclic) bond motifs is 17. The Morgan fingerprint density at radius 2 is 0.517 bits per heavy atom. The zero-order valence-corrected chi connectivity index (χ0v) is 82.8. The van der Waals surface area contributed by atoms with Gasteiger partial charge in [0.1, 0.15) is 44.7 Å². The first kappa shape index (κ1) is 93.4. The van der Waals surface area contributed by atoms with E-state index in [4.69, 9.17) is 99.2 Å². The lowest BCUT2D eigenvalue weighted by atomic mass is 9.84. The summed E-state index contributed by atoms with van der Waals surface area (Å²) in [6.45, 7) is 2.06. The van der Waals surface area contributed by atoms with Gasteiger partial charge in [-0.15, -0.1) is 0 Å². The molecule has 0 spiro atoms. The number of aryl methyl sites for hydroxylation is 1. The summed E-state index contributed by atoms with van der Waals surface area (Å²) < 4.78 is 24.8. The molecule has 1 radical (unpaired) electrons. The smallest absolute Gasteiger partial charge is 0.381 e. The molecule has 0 aliphatic rings. The van der Waals surface area contributed by atoms with Crippen LogP contribution in [0, 0.1) is 6.92 Å². The summed E-state index contributed by atoms with van der Waals surface area (Å²) in [6.07, 6.45) is 0. The second-order valence-corrected chi connectivity index (χ2v) is 37.5. The lowest BCUT2D eigenvalue weighted by Gasteiger charge is -2.09. The van der Waals surface area contributed by atoms with Crippen LogP contribution in [-0.4, -0.2) is 57.6 Å². The molecule has 0 aliphatic carbocycles. The fourth-order valence-corrected chi connectivity index (χ4v) is 19.8. The van der Waals surface area contributed by atoms with E-state index in [1.165, 1.54) is 40.0 Å². The van der Waals surface area contributed by atoms with E-state index in [0.29, 0.717) is 51.6 Å². The molecule has 0 aliphatic heterocycles. The van der Waals surface area contributed by atoms with E-state index < -0.39 is 0 Å². The second kappa shape index (κ2) is 41.6. The van der Waals surface area contributed by atoms with Gasteiger partial charge in [0, 0.05) is 92.1 Å². The van der Waals surface area contributed by atoms with Gasteiger partial charge in [-0.05, 0) is 222 Å². The van der Waals surface area contributed by atoms with Crippen LogP contribution in [-0.2, 0) is 4.81 Å². The Labute approximate surface area is 871 Å². The summed E-state index contributed by atoms with van der Waals surface area (Å²) in [5, 5.41) is 30.3. The maximum absolute atomic E-state index is 8.32. The highest BCUT2D eigenvalue weighted by molar-refractivity contribution is 9.10. The Kier molecular flexibility index (Phi) is 26.4. The van der Waals surface area contributed by atoms with Crippen molar-refractivity contribution in [3.63, 3.8) is 0 Å². The Bertz CT molecular complexity index is 9750. The van der Waals surface area contributed by atoms with Crippen LogP contribution < -0.4 is 5.46 Å². The summed E-state index contributed by atoms with van der Waals surface area (Å²) in [4.78, 5) is 46.7. The van der Waals surface area contributed by atoms with Crippen LogP contribution in [0.15, 0.2) is 471 Å². The molecule has 0 fully saturated rings. The van der Waals surface area contributed by atoms with Crippen molar-refractivity contribution >= 4 is 217 Å². The average Bonchev–Trinajstić information content (AvgIpc) is 1.61. The summed E-state index contributed by atoms with van der Waals surface area (Å²) in [7, 11) is 1.32. The molecule has 21 heteroatoms. The number of benzene rings is 21. The standard InChI is InChI=1S/C41H25N3O.C31H18ClN3O.C19H12ClN3.C13H9ClO.C12H6BrClO.C10H8BO2/c1-2-11-28(12-3-1)39-42-40(32-20-18-27-10-5-7-14-30(27)24-32)44-41(43-39)33-21-22-36-35(25-33)38-34(15-8-16-37(38)45-36)31-19-17-26-9-4-6-13-29(26)23-31;32-25-11-6-12-27-28(25)24-18-23(15-16-26(24)36-27)31-34-29(20-8-2-1-3-9-20)33-30(35-31)22-14-13-19-7-4-5-10-21(19)17-22;20-19-22-17(14-7-2-1-3-8-14)21-18(23-19)16-11-10-13-6-4-5-9-15(13)12-16;1-8-5-6-11-9(7-8)13-10(14)3-2-4-12(13)15-11;13-7-4-5-10-8(6-7)12-9(14)2-1-3-11(12)15-10;12-13-11-10-7-3-5-8-4-1-2-6-9(8)10/h1-25H;1-18H;1-12H;2-7H,1H3;1-6H;1-7,12H. The highest BCUT2D eigenvalue weighted by atomic mass is 79.9. The number of halogens is 5.